The Labute approximate surface area is 122 Å². The lowest BCUT2D eigenvalue weighted by molar-refractivity contribution is 0.443. The normalized spacial score (nSPS) is 11.8. The molecule has 5 heteroatoms. The van der Waals surface area contributed by atoms with E-state index in [2.05, 4.69) is 30.7 Å². The second-order valence-corrected chi connectivity index (χ2v) is 6.96. The molecule has 0 atom stereocenters. The summed E-state index contributed by atoms with van der Waals surface area (Å²) in [6.07, 6.45) is 1.33. The van der Waals surface area contributed by atoms with E-state index in [1.807, 2.05) is 19.1 Å². The maximum atomic E-state index is 12.0. The monoisotopic (exact) mass is 292 g/mol. The molecule has 0 unspecified atom stereocenters. The molecule has 2 rings (SSSR count). The summed E-state index contributed by atoms with van der Waals surface area (Å²) in [5.41, 5.74) is 0.178. The van der Waals surface area contributed by atoms with Gasteiger partial charge in [0.2, 0.25) is 5.88 Å². The van der Waals surface area contributed by atoms with Gasteiger partial charge in [-0.2, -0.15) is 4.98 Å². The van der Waals surface area contributed by atoms with E-state index < -0.39 is 0 Å². The van der Waals surface area contributed by atoms with Gasteiger partial charge in [-0.1, -0.05) is 34.1 Å². The van der Waals surface area contributed by atoms with E-state index in [4.69, 9.17) is 0 Å². The van der Waals surface area contributed by atoms with Crippen LogP contribution in [0.2, 0.25) is 0 Å². The van der Waals surface area contributed by atoms with Crippen LogP contribution in [0.4, 0.5) is 0 Å². The fourth-order valence-corrected chi connectivity index (χ4v) is 2.95. The first-order valence-corrected chi connectivity index (χ1v) is 7.57. The van der Waals surface area contributed by atoms with Crippen molar-refractivity contribution >= 4 is 11.3 Å². The smallest absolute Gasteiger partial charge is 0.258 e. The van der Waals surface area contributed by atoms with Crippen LogP contribution in [0, 0.1) is 0 Å². The molecule has 108 valence electrons. The highest BCUT2D eigenvalue weighted by molar-refractivity contribution is 7.15. The van der Waals surface area contributed by atoms with Gasteiger partial charge in [-0.05, 0) is 24.0 Å². The lowest BCUT2D eigenvalue weighted by Gasteiger charge is -2.15. The van der Waals surface area contributed by atoms with Crippen LogP contribution in [0.15, 0.2) is 16.9 Å². The van der Waals surface area contributed by atoms with Crippen molar-refractivity contribution in [2.24, 2.45) is 0 Å². The van der Waals surface area contributed by atoms with Crippen LogP contribution >= 0.6 is 11.3 Å². The number of aromatic nitrogens is 2. The Hall–Kier alpha value is -1.62. The maximum Gasteiger partial charge on any atom is 0.258 e. The summed E-state index contributed by atoms with van der Waals surface area (Å²) in [7, 11) is 0. The van der Waals surface area contributed by atoms with Crippen LogP contribution in [0.1, 0.15) is 44.6 Å². The second-order valence-electron chi connectivity index (χ2n) is 5.88. The standard InChI is InChI=1S/C15H20N2O2S/c1-5-6-9-13(18)16-12(17-14(9)19)10-7-8-11(20-10)15(2,3)4/h7-8H,5-6H2,1-4H3,(H2,16,17,18,19). The van der Waals surface area contributed by atoms with Gasteiger partial charge < -0.3 is 10.1 Å². The average molecular weight is 292 g/mol. The molecule has 2 aromatic rings. The summed E-state index contributed by atoms with van der Waals surface area (Å²) in [5.74, 6) is 0.282. The van der Waals surface area contributed by atoms with Crippen LogP contribution in [0.3, 0.4) is 0 Å². The van der Waals surface area contributed by atoms with Crippen molar-refractivity contribution in [3.05, 3.63) is 32.9 Å². The van der Waals surface area contributed by atoms with Crippen LogP contribution in [0.25, 0.3) is 10.7 Å². The Morgan fingerprint density at radius 3 is 2.55 bits per heavy atom. The molecular weight excluding hydrogens is 272 g/mol. The van der Waals surface area contributed by atoms with Gasteiger partial charge in [-0.25, -0.2) is 0 Å². The van der Waals surface area contributed by atoms with E-state index in [1.54, 1.807) is 11.3 Å². The minimum Gasteiger partial charge on any atom is -0.493 e. The highest BCUT2D eigenvalue weighted by Crippen LogP contribution is 2.33. The first kappa shape index (κ1) is 14.8. The molecule has 0 aromatic carbocycles. The lowest BCUT2D eigenvalue weighted by atomic mass is 9.95. The Bertz CT molecular complexity index is 665. The zero-order valence-electron chi connectivity index (χ0n) is 12.3. The largest absolute Gasteiger partial charge is 0.493 e. The molecule has 2 heterocycles. The quantitative estimate of drug-likeness (QED) is 0.910. The Morgan fingerprint density at radius 2 is 2.05 bits per heavy atom. The summed E-state index contributed by atoms with van der Waals surface area (Å²) in [4.78, 5) is 21.0. The molecule has 0 spiro atoms. The maximum absolute atomic E-state index is 12.0. The van der Waals surface area contributed by atoms with Crippen molar-refractivity contribution in [2.75, 3.05) is 0 Å². The van der Waals surface area contributed by atoms with Gasteiger partial charge in [0.25, 0.3) is 5.56 Å². The zero-order chi connectivity index (χ0) is 14.9. The van der Waals surface area contributed by atoms with Gasteiger partial charge in [0.1, 0.15) is 0 Å². The van der Waals surface area contributed by atoms with E-state index in [-0.39, 0.29) is 16.9 Å². The topological polar surface area (TPSA) is 66.0 Å². The Balaban J connectivity index is 2.44. The summed E-state index contributed by atoms with van der Waals surface area (Å²) in [5, 5.41) is 9.90. The van der Waals surface area contributed by atoms with Crippen molar-refractivity contribution < 1.29 is 5.11 Å². The molecule has 0 saturated heterocycles. The molecule has 0 aliphatic heterocycles. The predicted molar refractivity (Wildman–Crippen MR) is 82.5 cm³/mol. The number of hydrogen-bond acceptors (Lipinski definition) is 4. The van der Waals surface area contributed by atoms with E-state index in [0.29, 0.717) is 17.8 Å². The molecule has 2 aromatic heterocycles. The number of nitrogens with one attached hydrogen (secondary N) is 1. The number of H-pyrrole nitrogens is 1. The van der Waals surface area contributed by atoms with E-state index in [0.717, 1.165) is 11.3 Å². The van der Waals surface area contributed by atoms with Crippen molar-refractivity contribution in [1.29, 1.82) is 0 Å². The van der Waals surface area contributed by atoms with Crippen LogP contribution in [-0.2, 0) is 11.8 Å². The third-order valence-electron chi connectivity index (χ3n) is 3.07. The van der Waals surface area contributed by atoms with Crippen molar-refractivity contribution in [2.45, 2.75) is 46.0 Å². The summed E-state index contributed by atoms with van der Waals surface area (Å²) >= 11 is 1.59. The van der Waals surface area contributed by atoms with Crippen LogP contribution < -0.4 is 5.56 Å². The molecule has 0 radical (unpaired) electrons. The number of aromatic hydroxyl groups is 1. The van der Waals surface area contributed by atoms with E-state index >= 15 is 0 Å². The highest BCUT2D eigenvalue weighted by Gasteiger charge is 2.18. The molecule has 0 amide bonds. The predicted octanol–water partition coefficient (Wildman–Crippen LogP) is 3.45. The molecule has 0 aliphatic carbocycles. The van der Waals surface area contributed by atoms with Gasteiger partial charge >= 0.3 is 0 Å². The minimum absolute atomic E-state index is 0.0629. The third-order valence-corrected chi connectivity index (χ3v) is 4.59. The van der Waals surface area contributed by atoms with Gasteiger partial charge in [0.05, 0.1) is 10.4 Å². The molecule has 0 aliphatic rings. The summed E-state index contributed by atoms with van der Waals surface area (Å²) in [6.45, 7) is 8.38. The first-order chi connectivity index (χ1) is 9.32. The van der Waals surface area contributed by atoms with Gasteiger partial charge in [-0.15, -0.1) is 11.3 Å². The van der Waals surface area contributed by atoms with Gasteiger partial charge in [-0.3, -0.25) is 4.79 Å². The minimum atomic E-state index is -0.250. The number of rotatable bonds is 3. The first-order valence-electron chi connectivity index (χ1n) is 6.75. The highest BCUT2D eigenvalue weighted by atomic mass is 32.1. The summed E-state index contributed by atoms with van der Waals surface area (Å²) < 4.78 is 0. The molecular formula is C15H20N2O2S. The third kappa shape index (κ3) is 2.93. The molecule has 0 saturated carbocycles. The molecule has 0 bridgehead atoms. The van der Waals surface area contributed by atoms with Crippen LogP contribution in [0.5, 0.6) is 5.88 Å². The number of thiophene rings is 1. The van der Waals surface area contributed by atoms with Crippen LogP contribution in [-0.4, -0.2) is 15.1 Å². The van der Waals surface area contributed by atoms with Gasteiger partial charge in [0, 0.05) is 4.88 Å². The molecule has 2 N–H and O–H groups in total. The number of nitrogens with zero attached hydrogens (tertiary/aromatic N) is 1. The second kappa shape index (κ2) is 5.40. The van der Waals surface area contributed by atoms with Crippen molar-refractivity contribution in [1.82, 2.24) is 9.97 Å². The van der Waals surface area contributed by atoms with Crippen molar-refractivity contribution in [3.8, 4) is 16.6 Å². The molecule has 20 heavy (non-hydrogen) atoms. The zero-order valence-corrected chi connectivity index (χ0v) is 13.1. The fourth-order valence-electron chi connectivity index (χ4n) is 1.95. The van der Waals surface area contributed by atoms with E-state index in [1.165, 1.54) is 4.88 Å². The van der Waals surface area contributed by atoms with Crippen molar-refractivity contribution in [3.63, 3.8) is 0 Å². The lowest BCUT2D eigenvalue weighted by Crippen LogP contribution is -2.14. The fraction of sp³-hybridized carbons (Fsp3) is 0.467. The molecule has 0 fully saturated rings. The SMILES string of the molecule is CCCc1c(O)nc(-c2ccc(C(C)(C)C)s2)[nH]c1=O. The van der Waals surface area contributed by atoms with Gasteiger partial charge in [0.15, 0.2) is 5.82 Å². The Kier molecular flexibility index (Phi) is 3.99. The summed E-state index contributed by atoms with van der Waals surface area (Å²) in [6, 6.07) is 3.97. The average Bonchev–Trinajstić information content (AvgIpc) is 2.82. The number of hydrogen-bond donors (Lipinski definition) is 2. The molecule has 4 nitrogen and oxygen atoms in total. The Morgan fingerprint density at radius 1 is 1.35 bits per heavy atom. The van der Waals surface area contributed by atoms with E-state index in [9.17, 15) is 9.90 Å². The number of aromatic amines is 1.